The predicted molar refractivity (Wildman–Crippen MR) is 202 cm³/mol. The lowest BCUT2D eigenvalue weighted by Crippen LogP contribution is -2.42. The molecule has 5 rings (SSSR count). The summed E-state index contributed by atoms with van der Waals surface area (Å²) in [6.45, 7) is 11.6. The Morgan fingerprint density at radius 2 is 1.58 bits per heavy atom. The molecule has 3 aromatic rings. The third kappa shape index (κ3) is 9.31. The van der Waals surface area contributed by atoms with E-state index >= 15 is 8.78 Å². The Balaban J connectivity index is 1.59. The summed E-state index contributed by atoms with van der Waals surface area (Å²) < 4.78 is 77.6. The number of nitrogens with one attached hydrogen (secondary N) is 1. The van der Waals surface area contributed by atoms with Gasteiger partial charge in [0, 0.05) is 29.4 Å². The van der Waals surface area contributed by atoms with Crippen molar-refractivity contribution in [1.82, 2.24) is 14.8 Å². The van der Waals surface area contributed by atoms with Gasteiger partial charge in [-0.1, -0.05) is 50.3 Å². The van der Waals surface area contributed by atoms with E-state index in [4.69, 9.17) is 0 Å². The van der Waals surface area contributed by atoms with Crippen LogP contribution in [-0.2, 0) is 15.8 Å². The monoisotopic (exact) mass is 767 g/mol. The fraction of sp³-hybridized carbons (Fsp3) is 0.512. The molecule has 2 N–H and O–H groups in total. The number of carboxylic acid groups (broad SMARTS) is 1. The van der Waals surface area contributed by atoms with Crippen molar-refractivity contribution in [3.8, 4) is 23.0 Å². The molecule has 1 aliphatic carbocycles. The van der Waals surface area contributed by atoms with Gasteiger partial charge in [0.05, 0.1) is 23.6 Å². The van der Waals surface area contributed by atoms with Crippen LogP contribution >= 0.6 is 0 Å². The molecule has 7 nitrogen and oxygen atoms in total. The molecule has 1 saturated carbocycles. The van der Waals surface area contributed by atoms with Crippen LogP contribution in [0.3, 0.4) is 0 Å². The highest BCUT2D eigenvalue weighted by molar-refractivity contribution is 5.82. The third-order valence-electron chi connectivity index (χ3n) is 11.0. The first-order valence-electron chi connectivity index (χ1n) is 19.0. The Bertz CT molecular complexity index is 2020. The molecule has 0 bridgehead atoms. The molecule has 1 aromatic heterocycles. The minimum atomic E-state index is -4.83. The normalized spacial score (nSPS) is 16.9. The van der Waals surface area contributed by atoms with Gasteiger partial charge in [-0.05, 0) is 113 Å². The molecule has 1 saturated heterocycles. The number of pyridine rings is 1. The number of carbonyl (C=O) groups is 2. The molecule has 55 heavy (non-hydrogen) atoms. The number of nitrogens with zero attached hydrogens (tertiary/aromatic N) is 2. The molecule has 2 heterocycles. The van der Waals surface area contributed by atoms with Gasteiger partial charge in [0.2, 0.25) is 5.91 Å². The van der Waals surface area contributed by atoms with Crippen LogP contribution in [0.1, 0.15) is 129 Å². The zero-order valence-corrected chi connectivity index (χ0v) is 32.3. The molecule has 1 amide bonds. The van der Waals surface area contributed by atoms with Crippen molar-refractivity contribution in [3.63, 3.8) is 0 Å². The Morgan fingerprint density at radius 3 is 2.13 bits per heavy atom. The average Bonchev–Trinajstić information content (AvgIpc) is 3.63. The van der Waals surface area contributed by atoms with Gasteiger partial charge in [-0.25, -0.2) is 8.78 Å². The van der Waals surface area contributed by atoms with E-state index in [1.807, 2.05) is 19.1 Å². The van der Waals surface area contributed by atoms with Crippen molar-refractivity contribution in [1.29, 1.82) is 0 Å². The van der Waals surface area contributed by atoms with Gasteiger partial charge >= 0.3 is 12.1 Å². The summed E-state index contributed by atoms with van der Waals surface area (Å²) in [5.41, 5.74) is -0.426. The minimum absolute atomic E-state index is 0.0320. The Labute approximate surface area is 319 Å². The Kier molecular flexibility index (Phi) is 13.0. The van der Waals surface area contributed by atoms with Crippen molar-refractivity contribution in [2.45, 2.75) is 123 Å². The lowest BCUT2D eigenvalue weighted by atomic mass is 9.86. The van der Waals surface area contributed by atoms with Gasteiger partial charge in [-0.15, -0.1) is 5.92 Å². The zero-order chi connectivity index (χ0) is 40.4. The maximum Gasteiger partial charge on any atom is 0.416 e. The van der Waals surface area contributed by atoms with Gasteiger partial charge < -0.3 is 19.9 Å². The molecule has 1 aliphatic heterocycles. The SMILES string of the molecule is CC#Cc1cc(-c2c(C)cc(C)cc2C)c(F)c([C@@H](CC(=O)O)NC(=O)[C@@H](CC(C)C)n2cc(C3CCN(C4CCCC4)CC3)c(C(F)(F)F)cc2=O)c1F. The number of halogens is 5. The quantitative estimate of drug-likeness (QED) is 0.150. The maximum absolute atomic E-state index is 16.8. The van der Waals surface area contributed by atoms with E-state index in [1.54, 1.807) is 27.7 Å². The van der Waals surface area contributed by atoms with E-state index in [1.165, 1.54) is 13.0 Å². The van der Waals surface area contributed by atoms with Crippen LogP contribution in [0.15, 0.2) is 35.3 Å². The Morgan fingerprint density at radius 1 is 0.964 bits per heavy atom. The van der Waals surface area contributed by atoms with Gasteiger partial charge in [-0.3, -0.25) is 14.4 Å². The van der Waals surface area contributed by atoms with Crippen molar-refractivity contribution in [2.75, 3.05) is 13.1 Å². The van der Waals surface area contributed by atoms with E-state index in [2.05, 4.69) is 22.1 Å². The number of alkyl halides is 3. The lowest BCUT2D eigenvalue weighted by Gasteiger charge is -2.37. The number of amides is 1. The minimum Gasteiger partial charge on any atom is -0.481 e. The van der Waals surface area contributed by atoms with Gasteiger partial charge in [0.1, 0.15) is 17.7 Å². The van der Waals surface area contributed by atoms with Crippen LogP contribution in [0.2, 0.25) is 0 Å². The number of benzene rings is 2. The number of piperidine rings is 1. The second kappa shape index (κ2) is 17.1. The summed E-state index contributed by atoms with van der Waals surface area (Å²) in [7, 11) is 0. The summed E-state index contributed by atoms with van der Waals surface area (Å²) in [5, 5.41) is 12.5. The van der Waals surface area contributed by atoms with E-state index in [-0.39, 0.29) is 29.0 Å². The second-order valence-electron chi connectivity index (χ2n) is 15.6. The second-order valence-corrected chi connectivity index (χ2v) is 15.6. The van der Waals surface area contributed by atoms with Gasteiger partial charge in [0.25, 0.3) is 5.56 Å². The summed E-state index contributed by atoms with van der Waals surface area (Å²) >= 11 is 0. The number of rotatable bonds is 11. The largest absolute Gasteiger partial charge is 0.481 e. The standard InChI is InChI=1S/C43H50F5N3O4/c1-7-10-29-20-31(38-26(5)18-25(4)19-27(38)6)41(45)39(40(29)44)34(22-37(53)54)49-42(55)35(17-24(2)3)51-23-32(33(21-36(51)52)43(46,47)48)28-13-15-50(16-14-28)30-11-8-9-12-30/h18-21,23-24,28,30,34-35H,8-9,11-17,22H2,1-6H3,(H,49,55)(H,53,54)/t34-,35-/m1/s1. The van der Waals surface area contributed by atoms with Crippen molar-refractivity contribution in [2.24, 2.45) is 5.92 Å². The molecule has 0 unspecified atom stereocenters. The number of hydrogen-bond donors (Lipinski definition) is 2. The van der Waals surface area contributed by atoms with Crippen LogP contribution in [0.4, 0.5) is 22.0 Å². The fourth-order valence-corrected chi connectivity index (χ4v) is 8.66. The number of aryl methyl sites for hydroxylation is 3. The average molecular weight is 768 g/mol. The van der Waals surface area contributed by atoms with Crippen LogP contribution in [0.25, 0.3) is 11.1 Å². The smallest absolute Gasteiger partial charge is 0.416 e. The summed E-state index contributed by atoms with van der Waals surface area (Å²) in [6.07, 6.45) is 0.602. The highest BCUT2D eigenvalue weighted by Gasteiger charge is 2.39. The number of likely N-dealkylation sites (tertiary alicyclic amines) is 1. The predicted octanol–water partition coefficient (Wildman–Crippen LogP) is 9.15. The first kappa shape index (κ1) is 41.7. The molecular weight excluding hydrogens is 717 g/mol. The van der Waals surface area contributed by atoms with E-state index in [0.29, 0.717) is 54.7 Å². The first-order valence-corrected chi connectivity index (χ1v) is 19.0. The van der Waals surface area contributed by atoms with Crippen LogP contribution < -0.4 is 10.9 Å². The van der Waals surface area contributed by atoms with Crippen LogP contribution in [-0.4, -0.2) is 45.6 Å². The van der Waals surface area contributed by atoms with Crippen LogP contribution in [0.5, 0.6) is 0 Å². The first-order chi connectivity index (χ1) is 25.9. The molecule has 12 heteroatoms. The Hall–Kier alpha value is -4.50. The molecular formula is C43H50F5N3O4. The van der Waals surface area contributed by atoms with E-state index < -0.39 is 70.8 Å². The molecule has 2 fully saturated rings. The highest BCUT2D eigenvalue weighted by atomic mass is 19.4. The van der Waals surface area contributed by atoms with Crippen molar-refractivity contribution >= 4 is 11.9 Å². The lowest BCUT2D eigenvalue weighted by molar-refractivity contribution is -0.139. The summed E-state index contributed by atoms with van der Waals surface area (Å²) in [5.74, 6) is -0.229. The number of aliphatic carboxylic acids is 1. The summed E-state index contributed by atoms with van der Waals surface area (Å²) in [6, 6.07) is 2.68. The van der Waals surface area contributed by atoms with E-state index in [9.17, 15) is 32.7 Å². The van der Waals surface area contributed by atoms with Crippen molar-refractivity contribution < 1.29 is 36.6 Å². The van der Waals surface area contributed by atoms with Crippen molar-refractivity contribution in [3.05, 3.63) is 91.4 Å². The van der Waals surface area contributed by atoms with Crippen LogP contribution in [0, 0.1) is 50.2 Å². The van der Waals surface area contributed by atoms with Gasteiger partial charge in [-0.2, -0.15) is 13.2 Å². The maximum atomic E-state index is 16.8. The fourth-order valence-electron chi connectivity index (χ4n) is 8.66. The third-order valence-corrected chi connectivity index (χ3v) is 11.0. The summed E-state index contributed by atoms with van der Waals surface area (Å²) in [4.78, 5) is 42.5. The number of carbonyl (C=O) groups excluding carboxylic acids is 1. The highest BCUT2D eigenvalue weighted by Crippen LogP contribution is 2.41. The topological polar surface area (TPSA) is 91.6 Å². The molecule has 0 spiro atoms. The number of hydrogen-bond acceptors (Lipinski definition) is 4. The molecule has 296 valence electrons. The number of aromatic nitrogens is 1. The molecule has 2 aromatic carbocycles. The zero-order valence-electron chi connectivity index (χ0n) is 32.3. The molecule has 2 aliphatic rings. The van der Waals surface area contributed by atoms with E-state index in [0.717, 1.165) is 42.0 Å². The molecule has 2 atom stereocenters. The number of carboxylic acids is 1. The van der Waals surface area contributed by atoms with Gasteiger partial charge in [0.15, 0.2) is 0 Å². The molecule has 0 radical (unpaired) electrons.